The van der Waals surface area contributed by atoms with E-state index in [-0.39, 0.29) is 24.1 Å². The number of nitrogens with two attached hydrogens (primary N) is 2. The number of ether oxygens (including phenoxy) is 3. The van der Waals surface area contributed by atoms with Crippen LogP contribution in [-0.4, -0.2) is 29.2 Å². The van der Waals surface area contributed by atoms with E-state index in [9.17, 15) is 0 Å². The molecule has 0 atom stereocenters. The third-order valence-corrected chi connectivity index (χ3v) is 2.49. The summed E-state index contributed by atoms with van der Waals surface area (Å²) >= 11 is 0. The second-order valence-corrected chi connectivity index (χ2v) is 3.77. The highest BCUT2D eigenvalue weighted by molar-refractivity contribution is 5.46. The normalized spacial score (nSPS) is 10.1. The minimum absolute atomic E-state index is 0.114. The molecule has 2 heterocycles. The summed E-state index contributed by atoms with van der Waals surface area (Å²) in [5.74, 6) is 1.60. The van der Waals surface area contributed by atoms with Crippen molar-refractivity contribution in [1.29, 1.82) is 0 Å². The lowest BCUT2D eigenvalue weighted by atomic mass is 10.3. The van der Waals surface area contributed by atoms with Crippen molar-refractivity contribution in [2.75, 3.05) is 25.7 Å². The van der Waals surface area contributed by atoms with Crippen LogP contribution >= 0.6 is 0 Å². The summed E-state index contributed by atoms with van der Waals surface area (Å²) in [5.41, 5.74) is 11.7. The van der Waals surface area contributed by atoms with E-state index in [0.717, 1.165) is 0 Å². The monoisotopic (exact) mass is 277 g/mol. The summed E-state index contributed by atoms with van der Waals surface area (Å²) in [6.07, 6.45) is 2.96. The van der Waals surface area contributed by atoms with Crippen LogP contribution in [-0.2, 0) is 6.61 Å². The van der Waals surface area contributed by atoms with E-state index in [1.165, 1.54) is 13.3 Å². The summed E-state index contributed by atoms with van der Waals surface area (Å²) in [6, 6.07) is 1.69. The molecule has 2 aromatic rings. The Hall–Kier alpha value is -2.77. The molecular formula is C12H15N5O3. The smallest absolute Gasteiger partial charge is 0.257 e. The minimum Gasteiger partial charge on any atom is -0.493 e. The Morgan fingerprint density at radius 1 is 1.15 bits per heavy atom. The molecule has 0 fully saturated rings. The summed E-state index contributed by atoms with van der Waals surface area (Å²) in [6.45, 7) is 0.114. The number of hydrogen-bond donors (Lipinski definition) is 2. The number of pyridine rings is 1. The van der Waals surface area contributed by atoms with Crippen molar-refractivity contribution >= 4 is 11.6 Å². The van der Waals surface area contributed by atoms with E-state index < -0.39 is 0 Å². The van der Waals surface area contributed by atoms with E-state index >= 15 is 0 Å². The van der Waals surface area contributed by atoms with E-state index in [2.05, 4.69) is 15.0 Å². The fourth-order valence-electron chi connectivity index (χ4n) is 1.61. The van der Waals surface area contributed by atoms with E-state index in [0.29, 0.717) is 17.2 Å². The summed E-state index contributed by atoms with van der Waals surface area (Å²) in [7, 11) is 3.08. The number of anilines is 2. The third-order valence-electron chi connectivity index (χ3n) is 2.49. The van der Waals surface area contributed by atoms with Gasteiger partial charge in [0, 0.05) is 12.3 Å². The third kappa shape index (κ3) is 2.79. The number of hydrogen-bond acceptors (Lipinski definition) is 8. The molecule has 2 aromatic heterocycles. The Morgan fingerprint density at radius 3 is 2.60 bits per heavy atom. The van der Waals surface area contributed by atoms with Crippen molar-refractivity contribution in [2.24, 2.45) is 0 Å². The minimum atomic E-state index is 0.114. The number of nitrogens with zero attached hydrogens (tertiary/aromatic N) is 3. The van der Waals surface area contributed by atoms with Crippen LogP contribution in [0.5, 0.6) is 17.4 Å². The van der Waals surface area contributed by atoms with Gasteiger partial charge in [-0.05, 0) is 0 Å². The molecule has 8 heteroatoms. The van der Waals surface area contributed by atoms with Gasteiger partial charge in [0.15, 0.2) is 17.3 Å². The molecule has 0 bridgehead atoms. The van der Waals surface area contributed by atoms with E-state index in [1.807, 2.05) is 0 Å². The van der Waals surface area contributed by atoms with Crippen LogP contribution < -0.4 is 25.7 Å². The van der Waals surface area contributed by atoms with Crippen molar-refractivity contribution in [3.63, 3.8) is 0 Å². The standard InChI is InChI=1S/C12H15N5O3/c1-18-8-3-4-15-7(10(8)19-2)6-20-12-11(14)17-9(13)5-16-12/h3-5H,6H2,1-2H3,(H4,13,14,17). The van der Waals surface area contributed by atoms with Crippen molar-refractivity contribution < 1.29 is 14.2 Å². The zero-order valence-corrected chi connectivity index (χ0v) is 11.2. The summed E-state index contributed by atoms with van der Waals surface area (Å²) in [5, 5.41) is 0. The number of aromatic nitrogens is 3. The Labute approximate surface area is 115 Å². The molecule has 0 saturated heterocycles. The first-order valence-corrected chi connectivity index (χ1v) is 5.72. The van der Waals surface area contributed by atoms with Gasteiger partial charge in [-0.15, -0.1) is 0 Å². The highest BCUT2D eigenvalue weighted by Gasteiger charge is 2.13. The van der Waals surface area contributed by atoms with Crippen LogP contribution in [0.4, 0.5) is 11.6 Å². The summed E-state index contributed by atoms with van der Waals surface area (Å²) in [4.78, 5) is 12.0. The molecule has 0 aliphatic rings. The first kappa shape index (κ1) is 13.7. The number of nitrogen functional groups attached to an aromatic ring is 2. The van der Waals surface area contributed by atoms with Crippen molar-refractivity contribution in [3.8, 4) is 17.4 Å². The highest BCUT2D eigenvalue weighted by Crippen LogP contribution is 2.30. The fraction of sp³-hybridized carbons (Fsp3) is 0.250. The van der Waals surface area contributed by atoms with Gasteiger partial charge in [-0.1, -0.05) is 0 Å². The van der Waals surface area contributed by atoms with Crippen molar-refractivity contribution in [1.82, 2.24) is 15.0 Å². The van der Waals surface area contributed by atoms with Gasteiger partial charge in [-0.3, -0.25) is 4.98 Å². The van der Waals surface area contributed by atoms with Gasteiger partial charge >= 0.3 is 0 Å². The lowest BCUT2D eigenvalue weighted by molar-refractivity contribution is 0.276. The van der Waals surface area contributed by atoms with Gasteiger partial charge < -0.3 is 25.7 Å². The van der Waals surface area contributed by atoms with Crippen LogP contribution in [0.25, 0.3) is 0 Å². The zero-order chi connectivity index (χ0) is 14.5. The van der Waals surface area contributed by atoms with Crippen LogP contribution in [0, 0.1) is 0 Å². The van der Waals surface area contributed by atoms with Crippen LogP contribution in [0.2, 0.25) is 0 Å². The topological polar surface area (TPSA) is 118 Å². The molecule has 0 aliphatic carbocycles. The molecule has 0 unspecified atom stereocenters. The molecule has 0 amide bonds. The molecule has 8 nitrogen and oxygen atoms in total. The SMILES string of the molecule is COc1ccnc(COc2ncc(N)nc2N)c1OC. The van der Waals surface area contributed by atoms with Crippen molar-refractivity contribution in [2.45, 2.75) is 6.61 Å². The maximum absolute atomic E-state index is 5.66. The molecule has 106 valence electrons. The second-order valence-electron chi connectivity index (χ2n) is 3.77. The van der Waals surface area contributed by atoms with E-state index in [4.69, 9.17) is 25.7 Å². The summed E-state index contributed by atoms with van der Waals surface area (Å²) < 4.78 is 15.9. The van der Waals surface area contributed by atoms with Crippen LogP contribution in [0.1, 0.15) is 5.69 Å². The lowest BCUT2D eigenvalue weighted by Crippen LogP contribution is -2.07. The first-order valence-electron chi connectivity index (χ1n) is 5.72. The van der Waals surface area contributed by atoms with Crippen molar-refractivity contribution in [3.05, 3.63) is 24.2 Å². The molecule has 0 aliphatic heterocycles. The molecule has 0 saturated carbocycles. The predicted octanol–water partition coefficient (Wildman–Crippen LogP) is 0.632. The number of methoxy groups -OCH3 is 2. The van der Waals surface area contributed by atoms with Crippen LogP contribution in [0.3, 0.4) is 0 Å². The largest absolute Gasteiger partial charge is 0.493 e. The highest BCUT2D eigenvalue weighted by atomic mass is 16.5. The average Bonchev–Trinajstić information content (AvgIpc) is 2.45. The first-order chi connectivity index (χ1) is 9.65. The molecule has 2 rings (SSSR count). The van der Waals surface area contributed by atoms with Gasteiger partial charge in [0.1, 0.15) is 18.1 Å². The average molecular weight is 277 g/mol. The quantitative estimate of drug-likeness (QED) is 0.817. The Bertz CT molecular complexity index is 606. The predicted molar refractivity (Wildman–Crippen MR) is 72.5 cm³/mol. The number of rotatable bonds is 5. The Morgan fingerprint density at radius 2 is 1.95 bits per heavy atom. The maximum Gasteiger partial charge on any atom is 0.257 e. The zero-order valence-electron chi connectivity index (χ0n) is 11.2. The van der Waals surface area contributed by atoms with E-state index in [1.54, 1.807) is 19.4 Å². The maximum atomic E-state index is 5.66. The van der Waals surface area contributed by atoms with Gasteiger partial charge in [-0.25, -0.2) is 9.97 Å². The van der Waals surface area contributed by atoms with Gasteiger partial charge in [0.25, 0.3) is 5.88 Å². The second kappa shape index (κ2) is 5.91. The lowest BCUT2D eigenvalue weighted by Gasteiger charge is -2.12. The van der Waals surface area contributed by atoms with Gasteiger partial charge in [-0.2, -0.15) is 0 Å². The molecule has 4 N–H and O–H groups in total. The van der Waals surface area contributed by atoms with Crippen LogP contribution in [0.15, 0.2) is 18.5 Å². The Kier molecular flexibility index (Phi) is 4.04. The Balaban J connectivity index is 2.18. The molecule has 0 spiro atoms. The molecule has 20 heavy (non-hydrogen) atoms. The molecule has 0 radical (unpaired) electrons. The van der Waals surface area contributed by atoms with Gasteiger partial charge in [0.05, 0.1) is 20.4 Å². The molecular weight excluding hydrogens is 262 g/mol. The van der Waals surface area contributed by atoms with Gasteiger partial charge in [0.2, 0.25) is 0 Å². The molecule has 0 aromatic carbocycles. The fourth-order valence-corrected chi connectivity index (χ4v) is 1.61.